The first-order chi connectivity index (χ1) is 6.17. The van der Waals surface area contributed by atoms with Crippen molar-refractivity contribution in [2.75, 3.05) is 6.61 Å². The Morgan fingerprint density at radius 2 is 2.15 bits per heavy atom. The van der Waals surface area contributed by atoms with E-state index in [1.165, 1.54) is 5.56 Å². The molecule has 0 amide bonds. The third-order valence-corrected chi connectivity index (χ3v) is 2.47. The lowest BCUT2D eigenvalue weighted by molar-refractivity contribution is 0.268. The van der Waals surface area contributed by atoms with Crippen molar-refractivity contribution in [1.29, 1.82) is 0 Å². The minimum Gasteiger partial charge on any atom is -0.394 e. The lowest BCUT2D eigenvalue weighted by Gasteiger charge is -2.10. The van der Waals surface area contributed by atoms with Crippen molar-refractivity contribution >= 4 is 15.9 Å². The fraction of sp³-hybridized carbons (Fsp3) is 0.400. The average Bonchev–Trinajstić information content (AvgIpc) is 2.15. The zero-order valence-electron chi connectivity index (χ0n) is 7.63. The Labute approximate surface area is 86.9 Å². The lowest BCUT2D eigenvalue weighted by atomic mass is 10.0. The van der Waals surface area contributed by atoms with E-state index in [4.69, 9.17) is 10.8 Å². The number of aliphatic hydroxyl groups is 1. The predicted molar refractivity (Wildman–Crippen MR) is 57.5 cm³/mol. The van der Waals surface area contributed by atoms with Crippen LogP contribution in [0.1, 0.15) is 24.1 Å². The van der Waals surface area contributed by atoms with Crippen LogP contribution in [0.15, 0.2) is 22.7 Å². The molecular formula is C10H14BrNO. The molecule has 0 aliphatic carbocycles. The summed E-state index contributed by atoms with van der Waals surface area (Å²) in [6, 6.07) is 5.77. The second kappa shape index (κ2) is 4.74. The van der Waals surface area contributed by atoms with Crippen LogP contribution in [0.3, 0.4) is 0 Å². The molecule has 1 rings (SSSR count). The fourth-order valence-corrected chi connectivity index (χ4v) is 1.76. The predicted octanol–water partition coefficient (Wildman–Crippen LogP) is 2.00. The fourth-order valence-electron chi connectivity index (χ4n) is 1.20. The van der Waals surface area contributed by atoms with Gasteiger partial charge in [-0.3, -0.25) is 0 Å². The van der Waals surface area contributed by atoms with E-state index in [0.717, 1.165) is 16.5 Å². The highest BCUT2D eigenvalue weighted by atomic mass is 79.9. The SMILES string of the molecule is CCc1cc(Br)cc(C(N)CO)c1. The number of hydrogen-bond acceptors (Lipinski definition) is 2. The van der Waals surface area contributed by atoms with Crippen LogP contribution in [0.25, 0.3) is 0 Å². The van der Waals surface area contributed by atoms with Gasteiger partial charge in [-0.05, 0) is 29.7 Å². The van der Waals surface area contributed by atoms with Crippen molar-refractivity contribution in [3.05, 3.63) is 33.8 Å². The third kappa shape index (κ3) is 2.79. The minimum atomic E-state index is -0.275. The molecule has 1 atom stereocenters. The molecule has 0 aliphatic rings. The molecule has 13 heavy (non-hydrogen) atoms. The van der Waals surface area contributed by atoms with Crippen LogP contribution in [-0.2, 0) is 6.42 Å². The summed E-state index contributed by atoms with van der Waals surface area (Å²) in [6.45, 7) is 2.08. The maximum Gasteiger partial charge on any atom is 0.0624 e. The monoisotopic (exact) mass is 243 g/mol. The Hall–Kier alpha value is -0.380. The summed E-state index contributed by atoms with van der Waals surface area (Å²) >= 11 is 3.41. The Morgan fingerprint density at radius 1 is 1.46 bits per heavy atom. The van der Waals surface area contributed by atoms with Gasteiger partial charge in [-0.25, -0.2) is 0 Å². The molecule has 0 radical (unpaired) electrons. The molecule has 3 heteroatoms. The average molecular weight is 244 g/mol. The Morgan fingerprint density at radius 3 is 2.69 bits per heavy atom. The van der Waals surface area contributed by atoms with Crippen LogP contribution in [0.5, 0.6) is 0 Å². The maximum absolute atomic E-state index is 8.90. The number of rotatable bonds is 3. The van der Waals surface area contributed by atoms with Gasteiger partial charge in [-0.1, -0.05) is 28.9 Å². The molecule has 72 valence electrons. The minimum absolute atomic E-state index is 0.0143. The van der Waals surface area contributed by atoms with E-state index < -0.39 is 0 Å². The molecule has 1 aromatic carbocycles. The van der Waals surface area contributed by atoms with Gasteiger partial charge in [0.2, 0.25) is 0 Å². The molecule has 0 aliphatic heterocycles. The van der Waals surface area contributed by atoms with Gasteiger partial charge >= 0.3 is 0 Å². The van der Waals surface area contributed by atoms with Crippen molar-refractivity contribution in [2.24, 2.45) is 5.73 Å². The van der Waals surface area contributed by atoms with Crippen molar-refractivity contribution in [2.45, 2.75) is 19.4 Å². The number of benzene rings is 1. The summed E-state index contributed by atoms with van der Waals surface area (Å²) in [5, 5.41) is 8.90. The smallest absolute Gasteiger partial charge is 0.0624 e. The van der Waals surface area contributed by atoms with Crippen LogP contribution in [0.4, 0.5) is 0 Å². The van der Waals surface area contributed by atoms with E-state index in [9.17, 15) is 0 Å². The van der Waals surface area contributed by atoms with Gasteiger partial charge in [0.25, 0.3) is 0 Å². The number of hydrogen-bond donors (Lipinski definition) is 2. The van der Waals surface area contributed by atoms with Crippen molar-refractivity contribution in [1.82, 2.24) is 0 Å². The molecule has 0 heterocycles. The van der Waals surface area contributed by atoms with Crippen LogP contribution < -0.4 is 5.73 Å². The lowest BCUT2D eigenvalue weighted by Crippen LogP contribution is -2.14. The molecule has 3 N–H and O–H groups in total. The van der Waals surface area contributed by atoms with Crippen LogP contribution >= 0.6 is 15.9 Å². The molecule has 0 spiro atoms. The molecule has 0 aromatic heterocycles. The number of nitrogens with two attached hydrogens (primary N) is 1. The summed E-state index contributed by atoms with van der Waals surface area (Å²) in [5.74, 6) is 0. The highest BCUT2D eigenvalue weighted by Gasteiger charge is 2.05. The number of aryl methyl sites for hydroxylation is 1. The Balaban J connectivity index is 3.01. The van der Waals surface area contributed by atoms with Crippen molar-refractivity contribution in [3.63, 3.8) is 0 Å². The second-order valence-corrected chi connectivity index (χ2v) is 3.95. The second-order valence-electron chi connectivity index (χ2n) is 3.04. The summed E-state index contributed by atoms with van der Waals surface area (Å²) in [4.78, 5) is 0. The largest absolute Gasteiger partial charge is 0.394 e. The van der Waals surface area contributed by atoms with Gasteiger partial charge in [-0.15, -0.1) is 0 Å². The molecular weight excluding hydrogens is 230 g/mol. The van der Waals surface area contributed by atoms with E-state index in [1.807, 2.05) is 12.1 Å². The van der Waals surface area contributed by atoms with E-state index >= 15 is 0 Å². The first-order valence-electron chi connectivity index (χ1n) is 4.33. The summed E-state index contributed by atoms with van der Waals surface area (Å²) in [5.41, 5.74) is 7.93. The van der Waals surface area contributed by atoms with Crippen molar-refractivity contribution in [3.8, 4) is 0 Å². The molecule has 0 saturated heterocycles. The van der Waals surface area contributed by atoms with Crippen molar-refractivity contribution < 1.29 is 5.11 Å². The molecule has 0 bridgehead atoms. The molecule has 1 unspecified atom stereocenters. The van der Waals surface area contributed by atoms with Crippen LogP contribution in [-0.4, -0.2) is 11.7 Å². The van der Waals surface area contributed by atoms with E-state index in [2.05, 4.69) is 28.9 Å². The standard InChI is InChI=1S/C10H14BrNO/c1-2-7-3-8(10(12)6-13)5-9(11)4-7/h3-5,10,13H,2,6,12H2,1H3. The normalized spacial score (nSPS) is 12.9. The number of halogens is 1. The van der Waals surface area contributed by atoms with Gasteiger partial charge in [0.1, 0.15) is 0 Å². The van der Waals surface area contributed by atoms with Crippen LogP contribution in [0, 0.1) is 0 Å². The van der Waals surface area contributed by atoms with Crippen LogP contribution in [0.2, 0.25) is 0 Å². The van der Waals surface area contributed by atoms with E-state index in [-0.39, 0.29) is 12.6 Å². The molecule has 1 aromatic rings. The Kier molecular flexibility index (Phi) is 3.90. The van der Waals surface area contributed by atoms with E-state index in [1.54, 1.807) is 0 Å². The van der Waals surface area contributed by atoms with Gasteiger partial charge in [0, 0.05) is 4.47 Å². The zero-order chi connectivity index (χ0) is 9.84. The third-order valence-electron chi connectivity index (χ3n) is 2.01. The topological polar surface area (TPSA) is 46.2 Å². The molecule has 0 fully saturated rings. The highest BCUT2D eigenvalue weighted by molar-refractivity contribution is 9.10. The Bertz CT molecular complexity index is 288. The van der Waals surface area contributed by atoms with Gasteiger partial charge < -0.3 is 10.8 Å². The zero-order valence-corrected chi connectivity index (χ0v) is 9.21. The first-order valence-corrected chi connectivity index (χ1v) is 5.12. The van der Waals surface area contributed by atoms with Gasteiger partial charge in [-0.2, -0.15) is 0 Å². The quantitative estimate of drug-likeness (QED) is 0.854. The summed E-state index contributed by atoms with van der Waals surface area (Å²) in [7, 11) is 0. The molecule has 0 saturated carbocycles. The highest BCUT2D eigenvalue weighted by Crippen LogP contribution is 2.19. The molecule has 2 nitrogen and oxygen atoms in total. The first kappa shape index (κ1) is 10.7. The van der Waals surface area contributed by atoms with Gasteiger partial charge in [0.05, 0.1) is 12.6 Å². The number of aliphatic hydroxyl groups excluding tert-OH is 1. The van der Waals surface area contributed by atoms with Gasteiger partial charge in [0.15, 0.2) is 0 Å². The van der Waals surface area contributed by atoms with E-state index in [0.29, 0.717) is 0 Å². The summed E-state index contributed by atoms with van der Waals surface area (Å²) < 4.78 is 1.02. The maximum atomic E-state index is 8.90. The summed E-state index contributed by atoms with van der Waals surface area (Å²) in [6.07, 6.45) is 0.977.